The molecule has 0 fully saturated rings. The van der Waals surface area contributed by atoms with E-state index in [1.807, 2.05) is 21.1 Å². The number of likely N-dealkylation sites (N-methyl/N-ethyl adjacent to an activating group) is 1. The first kappa shape index (κ1) is 44.2. The van der Waals surface area contributed by atoms with Crippen LogP contribution in [0.3, 0.4) is 0 Å². The molecule has 0 aliphatic rings. The number of phosphoric ester groups is 1. The third-order valence-corrected chi connectivity index (χ3v) is 9.22. The third-order valence-electron chi connectivity index (χ3n) is 8.25. The van der Waals surface area contributed by atoms with Gasteiger partial charge >= 0.3 is 0 Å². The van der Waals surface area contributed by atoms with Crippen molar-refractivity contribution in [3.63, 3.8) is 0 Å². The standard InChI is InChI=1S/C36H73N2O6P/c1-6-8-10-12-14-16-18-19-20-22-24-26-28-30-36(40)37-34(33-44-45(41,42)43-32-31-38(3,4)5)35(39)29-27-25-23-21-17-15-13-11-9-7-2/h16,18,34-35,39H,6-15,17,19-33H2,1-5H3,(H-,37,40,41,42)/b18-16-. The van der Waals surface area contributed by atoms with Gasteiger partial charge < -0.3 is 28.8 Å². The molecule has 2 N–H and O–H groups in total. The molecule has 0 heterocycles. The maximum Gasteiger partial charge on any atom is 0.268 e. The molecule has 0 aromatic carbocycles. The molecule has 268 valence electrons. The summed E-state index contributed by atoms with van der Waals surface area (Å²) in [6.45, 7) is 4.66. The highest BCUT2D eigenvalue weighted by molar-refractivity contribution is 7.45. The number of phosphoric acid groups is 1. The zero-order chi connectivity index (χ0) is 33.7. The molecule has 0 rings (SSSR count). The molecule has 3 unspecified atom stereocenters. The van der Waals surface area contributed by atoms with Crippen LogP contribution in [0.15, 0.2) is 12.2 Å². The van der Waals surface area contributed by atoms with Gasteiger partial charge in [0.05, 0.1) is 39.9 Å². The van der Waals surface area contributed by atoms with Crippen LogP contribution >= 0.6 is 7.82 Å². The molecule has 0 spiro atoms. The van der Waals surface area contributed by atoms with E-state index >= 15 is 0 Å². The molecule has 0 aliphatic heterocycles. The Bertz CT molecular complexity index is 758. The Hall–Kier alpha value is -0.760. The minimum absolute atomic E-state index is 0.0117. The SMILES string of the molecule is CCCCCC/C=C\CCCCCCCC(=O)NC(COP(=O)([O-])OCC[N+](C)(C)C)C(O)CCCCCCCCCCCC. The highest BCUT2D eigenvalue weighted by Gasteiger charge is 2.24. The van der Waals surface area contributed by atoms with Crippen LogP contribution in [0.2, 0.25) is 0 Å². The summed E-state index contributed by atoms with van der Waals surface area (Å²) in [4.78, 5) is 25.1. The first-order valence-corrected chi connectivity index (χ1v) is 20.0. The quantitative estimate of drug-likeness (QED) is 0.0316. The molecule has 0 radical (unpaired) electrons. The second-order valence-corrected chi connectivity index (χ2v) is 15.3. The van der Waals surface area contributed by atoms with E-state index in [9.17, 15) is 19.4 Å². The van der Waals surface area contributed by atoms with E-state index in [1.165, 1.54) is 83.5 Å². The van der Waals surface area contributed by atoms with Crippen molar-refractivity contribution >= 4 is 13.7 Å². The number of unbranched alkanes of at least 4 members (excludes halogenated alkanes) is 18. The van der Waals surface area contributed by atoms with Crippen molar-refractivity contribution in [3.8, 4) is 0 Å². The average molecular weight is 661 g/mol. The molecule has 0 saturated heterocycles. The van der Waals surface area contributed by atoms with Gasteiger partial charge in [0.25, 0.3) is 7.82 Å². The van der Waals surface area contributed by atoms with Crippen LogP contribution in [0.25, 0.3) is 0 Å². The monoisotopic (exact) mass is 661 g/mol. The summed E-state index contributed by atoms with van der Waals surface area (Å²) in [6.07, 6.45) is 29.2. The second kappa shape index (κ2) is 29.4. The van der Waals surface area contributed by atoms with Gasteiger partial charge in [0.2, 0.25) is 5.91 Å². The largest absolute Gasteiger partial charge is 0.756 e. The molecule has 0 aliphatic carbocycles. The van der Waals surface area contributed by atoms with E-state index in [-0.39, 0.29) is 19.1 Å². The number of amides is 1. The van der Waals surface area contributed by atoms with Gasteiger partial charge in [-0.1, -0.05) is 129 Å². The highest BCUT2D eigenvalue weighted by Crippen LogP contribution is 2.38. The van der Waals surface area contributed by atoms with Gasteiger partial charge in [-0.3, -0.25) is 9.36 Å². The number of allylic oxidation sites excluding steroid dienone is 2. The zero-order valence-corrected chi connectivity index (χ0v) is 31.0. The number of hydrogen-bond acceptors (Lipinski definition) is 6. The van der Waals surface area contributed by atoms with E-state index in [0.29, 0.717) is 23.9 Å². The number of hydrogen-bond donors (Lipinski definition) is 2. The zero-order valence-electron chi connectivity index (χ0n) is 30.1. The van der Waals surface area contributed by atoms with Crippen molar-refractivity contribution < 1.29 is 32.9 Å². The average Bonchev–Trinajstić information content (AvgIpc) is 2.97. The summed E-state index contributed by atoms with van der Waals surface area (Å²) in [5, 5.41) is 13.8. The summed E-state index contributed by atoms with van der Waals surface area (Å²) >= 11 is 0. The number of nitrogens with one attached hydrogen (secondary N) is 1. The molecule has 45 heavy (non-hydrogen) atoms. The second-order valence-electron chi connectivity index (χ2n) is 13.9. The lowest BCUT2D eigenvalue weighted by molar-refractivity contribution is -0.870. The molecule has 0 aromatic rings. The normalized spacial score (nSPS) is 14.9. The van der Waals surface area contributed by atoms with Crippen molar-refractivity contribution in [1.29, 1.82) is 0 Å². The number of nitrogens with zero attached hydrogens (tertiary/aromatic N) is 1. The Balaban J connectivity index is 4.49. The maximum atomic E-state index is 12.7. The van der Waals surface area contributed by atoms with Gasteiger partial charge in [-0.15, -0.1) is 0 Å². The molecule has 0 bridgehead atoms. The van der Waals surface area contributed by atoms with Crippen LogP contribution in [0, 0.1) is 0 Å². The number of aliphatic hydroxyl groups is 1. The van der Waals surface area contributed by atoms with Gasteiger partial charge in [0.1, 0.15) is 13.2 Å². The van der Waals surface area contributed by atoms with Crippen LogP contribution in [0.4, 0.5) is 0 Å². The number of aliphatic hydroxyl groups excluding tert-OH is 1. The molecule has 3 atom stereocenters. The van der Waals surface area contributed by atoms with Crippen molar-refractivity contribution in [1.82, 2.24) is 5.32 Å². The lowest BCUT2D eigenvalue weighted by Gasteiger charge is -2.30. The fourth-order valence-electron chi connectivity index (χ4n) is 5.21. The van der Waals surface area contributed by atoms with Gasteiger partial charge in [-0.05, 0) is 38.5 Å². The van der Waals surface area contributed by atoms with Crippen molar-refractivity contribution in [2.24, 2.45) is 0 Å². The first-order valence-electron chi connectivity index (χ1n) is 18.5. The Labute approximate surface area is 278 Å². The van der Waals surface area contributed by atoms with Crippen LogP contribution in [0.5, 0.6) is 0 Å². The van der Waals surface area contributed by atoms with Crippen LogP contribution in [-0.2, 0) is 18.4 Å². The number of rotatable bonds is 33. The fraction of sp³-hybridized carbons (Fsp3) is 0.917. The minimum Gasteiger partial charge on any atom is -0.756 e. The highest BCUT2D eigenvalue weighted by atomic mass is 31.2. The number of carbonyl (C=O) groups is 1. The van der Waals surface area contributed by atoms with Gasteiger partial charge in [0.15, 0.2) is 0 Å². The molecular weight excluding hydrogens is 587 g/mol. The Morgan fingerprint density at radius 1 is 0.756 bits per heavy atom. The van der Waals surface area contributed by atoms with Crippen LogP contribution in [-0.4, -0.2) is 68.5 Å². The van der Waals surface area contributed by atoms with Gasteiger partial charge in [-0.2, -0.15) is 0 Å². The van der Waals surface area contributed by atoms with Crippen molar-refractivity contribution in [3.05, 3.63) is 12.2 Å². The molecule has 9 heteroatoms. The minimum atomic E-state index is -4.55. The van der Waals surface area contributed by atoms with E-state index < -0.39 is 20.0 Å². The van der Waals surface area contributed by atoms with Crippen LogP contribution in [0.1, 0.15) is 162 Å². The molecule has 1 amide bonds. The van der Waals surface area contributed by atoms with Crippen molar-refractivity contribution in [2.75, 3.05) is 40.9 Å². The first-order chi connectivity index (χ1) is 21.5. The predicted octanol–water partition coefficient (Wildman–Crippen LogP) is 8.61. The van der Waals surface area contributed by atoms with Gasteiger partial charge in [0, 0.05) is 6.42 Å². The third kappa shape index (κ3) is 31.6. The Kier molecular flexibility index (Phi) is 28.9. The van der Waals surface area contributed by atoms with E-state index in [4.69, 9.17) is 9.05 Å². The van der Waals surface area contributed by atoms with Crippen molar-refractivity contribution in [2.45, 2.75) is 174 Å². The Morgan fingerprint density at radius 2 is 1.22 bits per heavy atom. The van der Waals surface area contributed by atoms with E-state index in [0.717, 1.165) is 51.4 Å². The number of quaternary nitrogens is 1. The summed E-state index contributed by atoms with van der Waals surface area (Å²) in [6, 6.07) is -0.797. The lowest BCUT2D eigenvalue weighted by Crippen LogP contribution is -2.46. The Morgan fingerprint density at radius 3 is 1.76 bits per heavy atom. The summed E-state index contributed by atoms with van der Waals surface area (Å²) in [7, 11) is 1.30. The molecule has 0 saturated carbocycles. The van der Waals surface area contributed by atoms with E-state index in [2.05, 4.69) is 31.3 Å². The lowest BCUT2D eigenvalue weighted by atomic mass is 10.0. The molecule has 8 nitrogen and oxygen atoms in total. The molecular formula is C36H73N2O6P. The summed E-state index contributed by atoms with van der Waals surface area (Å²) < 4.78 is 23.1. The summed E-state index contributed by atoms with van der Waals surface area (Å²) in [5.41, 5.74) is 0. The topological polar surface area (TPSA) is 108 Å². The van der Waals surface area contributed by atoms with Gasteiger partial charge in [-0.25, -0.2) is 0 Å². The summed E-state index contributed by atoms with van der Waals surface area (Å²) in [5.74, 6) is -0.177. The fourth-order valence-corrected chi connectivity index (χ4v) is 5.93. The maximum absolute atomic E-state index is 12.7. The van der Waals surface area contributed by atoms with E-state index in [1.54, 1.807) is 0 Å². The predicted molar refractivity (Wildman–Crippen MR) is 187 cm³/mol. The smallest absolute Gasteiger partial charge is 0.268 e. The number of carbonyl (C=O) groups excluding carboxylic acids is 1. The molecule has 0 aromatic heterocycles. The van der Waals surface area contributed by atoms with Crippen LogP contribution < -0.4 is 10.2 Å².